The maximum atomic E-state index is 12.3. The van der Waals surface area contributed by atoms with Gasteiger partial charge in [-0.25, -0.2) is 4.79 Å². The SMILES string of the molecule is CCC(OC(=O)[C@H](O)C(C)(C)COS(=O)(=O)CCCNC(C)=O)OC(=O)C(C)(C)C. The van der Waals surface area contributed by atoms with E-state index in [1.54, 1.807) is 27.7 Å². The van der Waals surface area contributed by atoms with Gasteiger partial charge in [-0.2, -0.15) is 8.42 Å². The first kappa shape index (κ1) is 28.3. The molecule has 0 saturated heterocycles. The summed E-state index contributed by atoms with van der Waals surface area (Å²) in [7, 11) is -3.92. The molecule has 0 aromatic rings. The fourth-order valence-corrected chi connectivity index (χ4v) is 2.99. The molecule has 0 bridgehead atoms. The Labute approximate surface area is 178 Å². The molecule has 0 fully saturated rings. The molecule has 0 radical (unpaired) electrons. The van der Waals surface area contributed by atoms with Gasteiger partial charge in [-0.1, -0.05) is 20.8 Å². The van der Waals surface area contributed by atoms with Crippen molar-refractivity contribution in [3.63, 3.8) is 0 Å². The summed E-state index contributed by atoms with van der Waals surface area (Å²) < 4.78 is 39.1. The maximum absolute atomic E-state index is 12.3. The molecule has 0 aromatic heterocycles. The van der Waals surface area contributed by atoms with Crippen LogP contribution in [0.5, 0.6) is 0 Å². The summed E-state index contributed by atoms with van der Waals surface area (Å²) in [4.78, 5) is 35.0. The van der Waals surface area contributed by atoms with Gasteiger partial charge in [0.05, 0.1) is 17.8 Å². The number of esters is 2. The van der Waals surface area contributed by atoms with E-state index >= 15 is 0 Å². The predicted molar refractivity (Wildman–Crippen MR) is 109 cm³/mol. The molecule has 0 aromatic carbocycles. The molecule has 0 aliphatic rings. The van der Waals surface area contributed by atoms with Crippen LogP contribution in [0.3, 0.4) is 0 Å². The molecular weight excluding hydrogens is 418 g/mol. The van der Waals surface area contributed by atoms with E-state index in [0.29, 0.717) is 0 Å². The van der Waals surface area contributed by atoms with Gasteiger partial charge in [0, 0.05) is 25.3 Å². The average molecular weight is 454 g/mol. The van der Waals surface area contributed by atoms with E-state index in [-0.39, 0.29) is 31.0 Å². The zero-order chi connectivity index (χ0) is 23.8. The Bertz CT molecular complexity index is 695. The maximum Gasteiger partial charge on any atom is 0.338 e. The molecule has 1 amide bonds. The normalized spacial score (nSPS) is 14.5. The molecule has 0 rings (SSSR count). The van der Waals surface area contributed by atoms with E-state index in [1.807, 2.05) is 0 Å². The first-order valence-corrected chi connectivity index (χ1v) is 11.3. The first-order valence-electron chi connectivity index (χ1n) is 9.73. The Kier molecular flexibility index (Phi) is 10.9. The minimum atomic E-state index is -3.92. The number of carbonyl (C=O) groups is 3. The van der Waals surface area contributed by atoms with E-state index in [0.717, 1.165) is 0 Å². The quantitative estimate of drug-likeness (QED) is 0.192. The number of ether oxygens (including phenoxy) is 2. The lowest BCUT2D eigenvalue weighted by atomic mass is 9.87. The van der Waals surface area contributed by atoms with Gasteiger partial charge in [0.15, 0.2) is 6.10 Å². The average Bonchev–Trinajstić information content (AvgIpc) is 2.61. The zero-order valence-corrected chi connectivity index (χ0v) is 19.6. The number of amides is 1. The highest BCUT2D eigenvalue weighted by molar-refractivity contribution is 7.86. The van der Waals surface area contributed by atoms with Crippen LogP contribution in [0.15, 0.2) is 0 Å². The molecule has 1 unspecified atom stereocenters. The van der Waals surface area contributed by atoms with Crippen LogP contribution in [0.4, 0.5) is 0 Å². The number of aliphatic hydroxyl groups excluding tert-OH is 1. The zero-order valence-electron chi connectivity index (χ0n) is 18.8. The standard InChI is InChI=1S/C19H35NO9S/c1-8-14(29-17(24)18(3,4)5)28-16(23)15(22)19(6,7)12-27-30(25,26)11-9-10-20-13(2)21/h14-15,22H,8-12H2,1-7H3,(H,20,21)/t14?,15-/m0/s1. The van der Waals surface area contributed by atoms with Crippen molar-refractivity contribution < 1.29 is 41.6 Å². The van der Waals surface area contributed by atoms with Gasteiger partial charge in [0.25, 0.3) is 10.1 Å². The molecule has 0 heterocycles. The molecule has 2 atom stereocenters. The van der Waals surface area contributed by atoms with E-state index in [1.165, 1.54) is 20.8 Å². The lowest BCUT2D eigenvalue weighted by molar-refractivity contribution is -0.203. The Balaban J connectivity index is 4.78. The van der Waals surface area contributed by atoms with Crippen LogP contribution in [0, 0.1) is 10.8 Å². The largest absolute Gasteiger partial charge is 0.425 e. The third-order valence-electron chi connectivity index (χ3n) is 3.95. The number of hydrogen-bond donors (Lipinski definition) is 2. The van der Waals surface area contributed by atoms with Crippen molar-refractivity contribution in [1.82, 2.24) is 5.32 Å². The molecular formula is C19H35NO9S. The molecule has 30 heavy (non-hydrogen) atoms. The van der Waals surface area contributed by atoms with Crippen LogP contribution in [-0.2, 0) is 38.2 Å². The monoisotopic (exact) mass is 453 g/mol. The molecule has 2 N–H and O–H groups in total. The van der Waals surface area contributed by atoms with Crippen molar-refractivity contribution in [1.29, 1.82) is 0 Å². The second kappa shape index (κ2) is 11.6. The molecule has 10 nitrogen and oxygen atoms in total. The first-order chi connectivity index (χ1) is 13.5. The van der Waals surface area contributed by atoms with E-state index in [4.69, 9.17) is 13.7 Å². The second-order valence-corrected chi connectivity index (χ2v) is 10.4. The number of carbonyl (C=O) groups excluding carboxylic acids is 3. The van der Waals surface area contributed by atoms with Crippen molar-refractivity contribution in [2.45, 2.75) is 73.7 Å². The van der Waals surface area contributed by atoms with Crippen LogP contribution in [0.2, 0.25) is 0 Å². The van der Waals surface area contributed by atoms with Gasteiger partial charge in [-0.15, -0.1) is 0 Å². The number of hydrogen-bond acceptors (Lipinski definition) is 9. The van der Waals surface area contributed by atoms with Crippen molar-refractivity contribution in [3.8, 4) is 0 Å². The summed E-state index contributed by atoms with van der Waals surface area (Å²) in [5.41, 5.74) is -2.09. The van der Waals surface area contributed by atoms with E-state index in [2.05, 4.69) is 5.32 Å². The van der Waals surface area contributed by atoms with Crippen molar-refractivity contribution in [3.05, 3.63) is 0 Å². The van der Waals surface area contributed by atoms with Crippen molar-refractivity contribution >= 4 is 28.0 Å². The Morgan fingerprint density at radius 2 is 1.63 bits per heavy atom. The Morgan fingerprint density at radius 1 is 1.07 bits per heavy atom. The van der Waals surface area contributed by atoms with Crippen LogP contribution in [0.25, 0.3) is 0 Å². The van der Waals surface area contributed by atoms with Gasteiger partial charge in [-0.05, 0) is 27.2 Å². The smallest absolute Gasteiger partial charge is 0.338 e. The summed E-state index contributed by atoms with van der Waals surface area (Å²) in [6.45, 7) is 10.5. The van der Waals surface area contributed by atoms with Gasteiger partial charge in [0.2, 0.25) is 12.2 Å². The molecule has 0 saturated carbocycles. The van der Waals surface area contributed by atoms with E-state index in [9.17, 15) is 27.9 Å². The lowest BCUT2D eigenvalue weighted by Crippen LogP contribution is -2.43. The highest BCUT2D eigenvalue weighted by Crippen LogP contribution is 2.25. The number of aliphatic hydroxyl groups is 1. The summed E-state index contributed by atoms with van der Waals surface area (Å²) in [6, 6.07) is 0. The topological polar surface area (TPSA) is 145 Å². The highest BCUT2D eigenvalue weighted by atomic mass is 32.2. The van der Waals surface area contributed by atoms with Crippen LogP contribution in [-0.4, -0.2) is 62.7 Å². The minimum absolute atomic E-state index is 0.157. The van der Waals surface area contributed by atoms with Crippen molar-refractivity contribution in [2.75, 3.05) is 18.9 Å². The summed E-state index contributed by atoms with van der Waals surface area (Å²) in [5, 5.41) is 12.8. The van der Waals surface area contributed by atoms with Gasteiger partial charge < -0.3 is 19.9 Å². The van der Waals surface area contributed by atoms with Crippen LogP contribution < -0.4 is 5.32 Å². The summed E-state index contributed by atoms with van der Waals surface area (Å²) in [6.07, 6.45) is -2.55. The summed E-state index contributed by atoms with van der Waals surface area (Å²) >= 11 is 0. The summed E-state index contributed by atoms with van der Waals surface area (Å²) in [5.74, 6) is -2.22. The Hall–Kier alpha value is -1.72. The lowest BCUT2D eigenvalue weighted by Gasteiger charge is -2.30. The fraction of sp³-hybridized carbons (Fsp3) is 0.842. The molecule has 0 aliphatic carbocycles. The molecule has 11 heteroatoms. The molecule has 0 spiro atoms. The van der Waals surface area contributed by atoms with Crippen molar-refractivity contribution in [2.24, 2.45) is 10.8 Å². The second-order valence-electron chi connectivity index (χ2n) is 8.68. The van der Waals surface area contributed by atoms with Crippen LogP contribution in [0.1, 0.15) is 61.3 Å². The number of nitrogens with one attached hydrogen (secondary N) is 1. The van der Waals surface area contributed by atoms with Crippen LogP contribution >= 0.6 is 0 Å². The number of rotatable bonds is 12. The third kappa shape index (κ3) is 10.9. The minimum Gasteiger partial charge on any atom is -0.425 e. The Morgan fingerprint density at radius 3 is 2.10 bits per heavy atom. The highest BCUT2D eigenvalue weighted by Gasteiger charge is 2.38. The van der Waals surface area contributed by atoms with Gasteiger partial charge in [0.1, 0.15) is 0 Å². The van der Waals surface area contributed by atoms with E-state index < -0.39 is 51.9 Å². The van der Waals surface area contributed by atoms with Gasteiger partial charge >= 0.3 is 11.9 Å². The van der Waals surface area contributed by atoms with Gasteiger partial charge in [-0.3, -0.25) is 13.8 Å². The fourth-order valence-electron chi connectivity index (χ4n) is 1.89. The predicted octanol–water partition coefficient (Wildman–Crippen LogP) is 1.11. The third-order valence-corrected chi connectivity index (χ3v) is 5.22. The molecule has 176 valence electrons. The molecule has 0 aliphatic heterocycles.